The Labute approximate surface area is 222 Å². The number of non-ortho nitro benzene ring substituents is 1. The van der Waals surface area contributed by atoms with Crippen molar-refractivity contribution in [2.75, 3.05) is 5.32 Å². The number of alkyl halides is 1. The first kappa shape index (κ1) is 23.8. The van der Waals surface area contributed by atoms with Gasteiger partial charge in [-0.15, -0.1) is 23.4 Å². The highest BCUT2D eigenvalue weighted by Gasteiger charge is 2.51. The number of anilines is 1. The van der Waals surface area contributed by atoms with Gasteiger partial charge in [-0.25, -0.2) is 0 Å². The van der Waals surface area contributed by atoms with E-state index in [-0.39, 0.29) is 49.7 Å². The third kappa shape index (κ3) is 4.10. The van der Waals surface area contributed by atoms with Gasteiger partial charge < -0.3 is 5.32 Å². The molecule has 5 atom stereocenters. The van der Waals surface area contributed by atoms with Crippen LogP contribution in [0.1, 0.15) is 29.5 Å². The van der Waals surface area contributed by atoms with Crippen LogP contribution in [-0.4, -0.2) is 20.5 Å². The van der Waals surface area contributed by atoms with E-state index in [4.69, 9.17) is 11.6 Å². The number of fused-ring (bicyclic) bond motifs is 4. The zero-order valence-electron chi connectivity index (χ0n) is 19.5. The van der Waals surface area contributed by atoms with Crippen molar-refractivity contribution in [1.29, 1.82) is 0 Å². The second kappa shape index (κ2) is 9.36. The van der Waals surface area contributed by atoms with E-state index >= 15 is 0 Å². The smallest absolute Gasteiger partial charge is 0.282 e. The summed E-state index contributed by atoms with van der Waals surface area (Å²) in [6.07, 6.45) is 0.707. The number of para-hydroxylation sites is 1. The number of thioether (sulfide) groups is 1. The third-order valence-electron chi connectivity index (χ3n) is 7.51. The Morgan fingerprint density at radius 3 is 2.43 bits per heavy atom. The van der Waals surface area contributed by atoms with Crippen LogP contribution in [0.15, 0.2) is 89.8 Å². The van der Waals surface area contributed by atoms with Gasteiger partial charge in [-0.3, -0.25) is 20.2 Å². The van der Waals surface area contributed by atoms with Gasteiger partial charge in [-0.05, 0) is 46.4 Å². The molecule has 2 aliphatic rings. The third-order valence-corrected chi connectivity index (χ3v) is 9.62. The minimum Gasteiger partial charge on any atom is -0.378 e. The first-order chi connectivity index (χ1) is 17.9. The van der Waals surface area contributed by atoms with E-state index in [1.54, 1.807) is 30.3 Å². The summed E-state index contributed by atoms with van der Waals surface area (Å²) in [5.41, 5.74) is 2.91. The number of halogens is 1. The predicted molar refractivity (Wildman–Crippen MR) is 147 cm³/mol. The Morgan fingerprint density at radius 1 is 0.865 bits per heavy atom. The maximum Gasteiger partial charge on any atom is 0.282 e. The lowest BCUT2D eigenvalue weighted by molar-refractivity contribution is -0.387. The van der Waals surface area contributed by atoms with Gasteiger partial charge in [0.15, 0.2) is 0 Å². The lowest BCUT2D eigenvalue weighted by atomic mass is 9.76. The zero-order valence-corrected chi connectivity index (χ0v) is 21.1. The number of hydrogen-bond acceptors (Lipinski definition) is 6. The van der Waals surface area contributed by atoms with Crippen LogP contribution in [0.5, 0.6) is 0 Å². The average molecular weight is 532 g/mol. The molecule has 0 aromatic heterocycles. The monoisotopic (exact) mass is 531 g/mol. The fourth-order valence-electron chi connectivity index (χ4n) is 5.92. The molecule has 4 aromatic rings. The Morgan fingerprint density at radius 2 is 1.62 bits per heavy atom. The minimum absolute atomic E-state index is 0.0292. The average Bonchev–Trinajstić information content (AvgIpc) is 3.23. The van der Waals surface area contributed by atoms with Crippen LogP contribution in [0.3, 0.4) is 0 Å². The summed E-state index contributed by atoms with van der Waals surface area (Å²) in [5.74, 6) is -0.106. The van der Waals surface area contributed by atoms with Crippen LogP contribution in [-0.2, 0) is 0 Å². The van der Waals surface area contributed by atoms with Gasteiger partial charge in [0, 0.05) is 35.1 Å². The van der Waals surface area contributed by atoms with Gasteiger partial charge >= 0.3 is 0 Å². The van der Waals surface area contributed by atoms with Gasteiger partial charge in [-0.2, -0.15) is 0 Å². The molecular formula is C28H22ClN3O4S. The van der Waals surface area contributed by atoms with Crippen molar-refractivity contribution in [3.8, 4) is 0 Å². The van der Waals surface area contributed by atoms with Crippen molar-refractivity contribution in [1.82, 2.24) is 0 Å². The van der Waals surface area contributed by atoms with Crippen molar-refractivity contribution in [2.24, 2.45) is 5.92 Å². The van der Waals surface area contributed by atoms with E-state index in [9.17, 15) is 20.2 Å². The molecule has 1 fully saturated rings. The SMILES string of the molecule is O=[N+]([O-])c1ccc2c(c1)[C@@H]1[C@H](Cl)[C@H](Sc3ccccc3[N+](=O)[O-])C[C@H]1[C@H](c1cccc3ccccc13)N2. The highest BCUT2D eigenvalue weighted by molar-refractivity contribution is 8.00. The van der Waals surface area contributed by atoms with E-state index in [1.807, 2.05) is 18.2 Å². The van der Waals surface area contributed by atoms with Crippen molar-refractivity contribution in [3.05, 3.63) is 116 Å². The summed E-state index contributed by atoms with van der Waals surface area (Å²) in [6.45, 7) is 0. The number of benzene rings is 4. The number of nitro benzene ring substituents is 2. The topological polar surface area (TPSA) is 98.3 Å². The van der Waals surface area contributed by atoms with Gasteiger partial charge in [0.05, 0.1) is 26.2 Å². The van der Waals surface area contributed by atoms with E-state index in [0.717, 1.165) is 27.6 Å². The van der Waals surface area contributed by atoms with Crippen LogP contribution < -0.4 is 5.32 Å². The summed E-state index contributed by atoms with van der Waals surface area (Å²) in [5, 5.41) is 28.7. The molecule has 6 rings (SSSR count). The standard InChI is InChI=1S/C28H22ClN3O4S/c29-27-25(37-24-11-4-3-10-23(24)32(35)36)15-21-26(27)20-14-17(31(33)34)12-13-22(20)30-28(21)19-9-5-7-16-6-1-2-8-18(16)19/h1-14,21,25-28,30H,15H2/t21-,25-,26+,27-,28+/m1/s1. The maximum absolute atomic E-state index is 11.6. The van der Waals surface area contributed by atoms with Crippen LogP contribution in [0, 0.1) is 26.1 Å². The van der Waals surface area contributed by atoms with Gasteiger partial charge in [0.25, 0.3) is 11.4 Å². The molecule has 4 aromatic carbocycles. The molecule has 1 aliphatic heterocycles. The van der Waals surface area contributed by atoms with Gasteiger partial charge in [-0.1, -0.05) is 54.6 Å². The summed E-state index contributed by atoms with van der Waals surface area (Å²) in [7, 11) is 0. The van der Waals surface area contributed by atoms with Gasteiger partial charge in [0.2, 0.25) is 0 Å². The lowest BCUT2D eigenvalue weighted by Crippen LogP contribution is -2.31. The molecule has 1 aliphatic carbocycles. The number of nitrogens with zero attached hydrogens (tertiary/aromatic N) is 2. The van der Waals surface area contributed by atoms with E-state index < -0.39 is 0 Å². The Bertz CT molecular complexity index is 1540. The molecule has 0 bridgehead atoms. The lowest BCUT2D eigenvalue weighted by Gasteiger charge is -2.38. The summed E-state index contributed by atoms with van der Waals surface area (Å²) in [6, 6.07) is 26.1. The largest absolute Gasteiger partial charge is 0.378 e. The van der Waals surface area contributed by atoms with Crippen molar-refractivity contribution < 1.29 is 9.85 Å². The molecule has 9 heteroatoms. The molecular weight excluding hydrogens is 510 g/mol. The summed E-state index contributed by atoms with van der Waals surface area (Å²) >= 11 is 8.61. The van der Waals surface area contributed by atoms with Crippen molar-refractivity contribution in [2.45, 2.75) is 33.9 Å². The quantitative estimate of drug-likeness (QED) is 0.161. The first-order valence-corrected chi connectivity index (χ1v) is 13.3. The predicted octanol–water partition coefficient (Wildman–Crippen LogP) is 7.69. The van der Waals surface area contributed by atoms with Crippen LogP contribution in [0.4, 0.5) is 17.1 Å². The molecule has 0 saturated heterocycles. The maximum atomic E-state index is 11.6. The Balaban J connectivity index is 1.46. The van der Waals surface area contributed by atoms with Crippen molar-refractivity contribution in [3.63, 3.8) is 0 Å². The normalized spacial score (nSPS) is 24.2. The fraction of sp³-hybridized carbons (Fsp3) is 0.214. The summed E-state index contributed by atoms with van der Waals surface area (Å²) < 4.78 is 0. The molecule has 0 spiro atoms. The molecule has 1 heterocycles. The zero-order chi connectivity index (χ0) is 25.7. The highest BCUT2D eigenvalue weighted by Crippen LogP contribution is 2.58. The first-order valence-electron chi connectivity index (χ1n) is 12.0. The fourth-order valence-corrected chi connectivity index (χ4v) is 7.86. The second-order valence-corrected chi connectivity index (χ2v) is 11.3. The molecule has 1 saturated carbocycles. The van der Waals surface area contributed by atoms with Crippen LogP contribution in [0.25, 0.3) is 10.8 Å². The number of nitro groups is 2. The molecule has 7 nitrogen and oxygen atoms in total. The van der Waals surface area contributed by atoms with E-state index in [1.165, 1.54) is 23.9 Å². The second-order valence-electron chi connectivity index (χ2n) is 9.47. The van der Waals surface area contributed by atoms with E-state index in [0.29, 0.717) is 11.3 Å². The molecule has 0 radical (unpaired) electrons. The van der Waals surface area contributed by atoms with E-state index in [2.05, 4.69) is 29.6 Å². The summed E-state index contributed by atoms with van der Waals surface area (Å²) in [4.78, 5) is 23.0. The van der Waals surface area contributed by atoms with Gasteiger partial charge in [0.1, 0.15) is 0 Å². The van der Waals surface area contributed by atoms with Crippen LogP contribution >= 0.6 is 23.4 Å². The number of rotatable bonds is 5. The Kier molecular flexibility index (Phi) is 6.01. The molecule has 37 heavy (non-hydrogen) atoms. The molecule has 1 N–H and O–H groups in total. The van der Waals surface area contributed by atoms with Crippen molar-refractivity contribution >= 4 is 51.2 Å². The minimum atomic E-state index is -0.385. The van der Waals surface area contributed by atoms with Crippen LogP contribution in [0.2, 0.25) is 0 Å². The Hall–Kier alpha value is -3.62. The number of nitrogens with one attached hydrogen (secondary N) is 1. The molecule has 0 amide bonds. The highest BCUT2D eigenvalue weighted by atomic mass is 35.5. The number of hydrogen-bond donors (Lipinski definition) is 1. The molecule has 0 unspecified atom stereocenters. The molecule has 186 valence electrons.